The van der Waals surface area contributed by atoms with Crippen LogP contribution in [0.2, 0.25) is 0 Å². The highest BCUT2D eigenvalue weighted by Crippen LogP contribution is 2.24. The average Bonchev–Trinajstić information content (AvgIpc) is 2.55. The van der Waals surface area contributed by atoms with E-state index in [9.17, 15) is 14.0 Å². The number of halogens is 1. The highest BCUT2D eigenvalue weighted by atomic mass is 19.1. The molecule has 2 rings (SSSR count). The van der Waals surface area contributed by atoms with Gasteiger partial charge in [0.15, 0.2) is 0 Å². The van der Waals surface area contributed by atoms with Crippen LogP contribution in [0.1, 0.15) is 5.56 Å². The van der Waals surface area contributed by atoms with E-state index in [1.165, 1.54) is 31.4 Å². The van der Waals surface area contributed by atoms with Crippen LogP contribution in [0.15, 0.2) is 42.5 Å². The molecule has 0 spiro atoms. The zero-order valence-electron chi connectivity index (χ0n) is 13.4. The summed E-state index contributed by atoms with van der Waals surface area (Å²) in [5.41, 5.74) is 1.91. The number of benzene rings is 2. The summed E-state index contributed by atoms with van der Waals surface area (Å²) in [5, 5.41) is 7.61. The number of hydrogen-bond acceptors (Lipinski definition) is 3. The van der Waals surface area contributed by atoms with E-state index in [0.717, 1.165) is 5.56 Å². The van der Waals surface area contributed by atoms with Crippen molar-refractivity contribution in [2.75, 3.05) is 24.3 Å². The summed E-state index contributed by atoms with van der Waals surface area (Å²) < 4.78 is 18.0. The largest absolute Gasteiger partial charge is 0.495 e. The predicted octanol–water partition coefficient (Wildman–Crippen LogP) is 2.90. The van der Waals surface area contributed by atoms with Gasteiger partial charge in [0.05, 0.1) is 19.3 Å². The van der Waals surface area contributed by atoms with E-state index in [1.54, 1.807) is 12.1 Å². The lowest BCUT2D eigenvalue weighted by molar-refractivity contribution is -0.115. The number of amides is 3. The lowest BCUT2D eigenvalue weighted by atomic mass is 10.2. The standard InChI is InChI=1S/C17H18FN3O3/c1-11-3-8-15(24-2)14(9-11)21-17(23)19-10-16(22)20-13-6-4-12(18)5-7-13/h3-9H,10H2,1-2H3,(H,20,22)(H2,19,21,23). The van der Waals surface area contributed by atoms with Crippen LogP contribution in [0.4, 0.5) is 20.6 Å². The lowest BCUT2D eigenvalue weighted by Crippen LogP contribution is -2.35. The zero-order valence-corrected chi connectivity index (χ0v) is 13.4. The Morgan fingerprint density at radius 3 is 2.46 bits per heavy atom. The molecule has 0 radical (unpaired) electrons. The summed E-state index contributed by atoms with van der Waals surface area (Å²) in [7, 11) is 1.50. The topological polar surface area (TPSA) is 79.5 Å². The number of hydrogen-bond donors (Lipinski definition) is 3. The van der Waals surface area contributed by atoms with Crippen LogP contribution >= 0.6 is 0 Å². The van der Waals surface area contributed by atoms with Gasteiger partial charge in [-0.1, -0.05) is 6.07 Å². The van der Waals surface area contributed by atoms with E-state index >= 15 is 0 Å². The Morgan fingerprint density at radius 1 is 1.08 bits per heavy atom. The number of ether oxygens (including phenoxy) is 1. The van der Waals surface area contributed by atoms with Gasteiger partial charge in [-0.05, 0) is 48.9 Å². The molecule has 24 heavy (non-hydrogen) atoms. The van der Waals surface area contributed by atoms with Crippen LogP contribution < -0.4 is 20.7 Å². The highest BCUT2D eigenvalue weighted by molar-refractivity contribution is 5.97. The van der Waals surface area contributed by atoms with Crippen molar-refractivity contribution in [1.29, 1.82) is 0 Å². The van der Waals surface area contributed by atoms with E-state index in [0.29, 0.717) is 17.1 Å². The molecule has 0 saturated carbocycles. The molecule has 7 heteroatoms. The number of carbonyl (C=O) groups excluding carboxylic acids is 2. The summed E-state index contributed by atoms with van der Waals surface area (Å²) in [5.74, 6) is -0.294. The molecule has 126 valence electrons. The molecular formula is C17H18FN3O3. The third-order valence-electron chi connectivity index (χ3n) is 3.14. The normalized spacial score (nSPS) is 9.96. The molecule has 2 aromatic carbocycles. The number of carbonyl (C=O) groups is 2. The average molecular weight is 331 g/mol. The number of anilines is 2. The van der Waals surface area contributed by atoms with Crippen LogP contribution in [0.25, 0.3) is 0 Å². The minimum Gasteiger partial charge on any atom is -0.495 e. The number of nitrogens with one attached hydrogen (secondary N) is 3. The summed E-state index contributed by atoms with van der Waals surface area (Å²) in [4.78, 5) is 23.6. The smallest absolute Gasteiger partial charge is 0.319 e. The lowest BCUT2D eigenvalue weighted by Gasteiger charge is -2.12. The van der Waals surface area contributed by atoms with Crippen LogP contribution in [0.5, 0.6) is 5.75 Å². The molecule has 0 aromatic heterocycles. The van der Waals surface area contributed by atoms with Crippen LogP contribution in [0, 0.1) is 12.7 Å². The van der Waals surface area contributed by atoms with Crippen LogP contribution in [-0.4, -0.2) is 25.6 Å². The van der Waals surface area contributed by atoms with Gasteiger partial charge < -0.3 is 20.7 Å². The fourth-order valence-electron chi connectivity index (χ4n) is 1.98. The maximum absolute atomic E-state index is 12.8. The third kappa shape index (κ3) is 4.98. The molecule has 0 bridgehead atoms. The van der Waals surface area contributed by atoms with Crippen molar-refractivity contribution in [1.82, 2.24) is 5.32 Å². The second kappa shape index (κ2) is 7.96. The quantitative estimate of drug-likeness (QED) is 0.788. The summed E-state index contributed by atoms with van der Waals surface area (Å²) in [6.45, 7) is 1.66. The highest BCUT2D eigenvalue weighted by Gasteiger charge is 2.09. The van der Waals surface area contributed by atoms with Crippen molar-refractivity contribution >= 4 is 23.3 Å². The van der Waals surface area contributed by atoms with E-state index in [-0.39, 0.29) is 6.54 Å². The number of urea groups is 1. The van der Waals surface area contributed by atoms with Crippen molar-refractivity contribution in [3.63, 3.8) is 0 Å². The van der Waals surface area contributed by atoms with Crippen molar-refractivity contribution in [3.8, 4) is 5.75 Å². The molecule has 3 amide bonds. The molecule has 0 heterocycles. The Bertz CT molecular complexity index is 732. The first-order valence-corrected chi connectivity index (χ1v) is 7.23. The van der Waals surface area contributed by atoms with Crippen molar-refractivity contribution in [2.24, 2.45) is 0 Å². The van der Waals surface area contributed by atoms with Gasteiger partial charge in [0.25, 0.3) is 0 Å². The zero-order chi connectivity index (χ0) is 17.5. The second-order valence-corrected chi connectivity index (χ2v) is 5.07. The van der Waals surface area contributed by atoms with Crippen LogP contribution in [0.3, 0.4) is 0 Å². The van der Waals surface area contributed by atoms with Crippen molar-refractivity contribution in [3.05, 3.63) is 53.8 Å². The Morgan fingerprint density at radius 2 is 1.79 bits per heavy atom. The first-order chi connectivity index (χ1) is 11.5. The first kappa shape index (κ1) is 17.3. The molecule has 0 aliphatic heterocycles. The summed E-state index contributed by atoms with van der Waals surface area (Å²) in [6.07, 6.45) is 0. The maximum Gasteiger partial charge on any atom is 0.319 e. The molecule has 3 N–H and O–H groups in total. The van der Waals surface area contributed by atoms with Gasteiger partial charge in [-0.2, -0.15) is 0 Å². The van der Waals surface area contributed by atoms with E-state index < -0.39 is 17.8 Å². The van der Waals surface area contributed by atoms with Crippen LogP contribution in [-0.2, 0) is 4.79 Å². The van der Waals surface area contributed by atoms with Gasteiger partial charge in [-0.25, -0.2) is 9.18 Å². The fourth-order valence-corrected chi connectivity index (χ4v) is 1.98. The van der Waals surface area contributed by atoms with Crippen molar-refractivity contribution in [2.45, 2.75) is 6.92 Å². The van der Waals surface area contributed by atoms with Gasteiger partial charge >= 0.3 is 6.03 Å². The molecule has 0 aliphatic rings. The summed E-state index contributed by atoms with van der Waals surface area (Å²) >= 11 is 0. The number of methoxy groups -OCH3 is 1. The molecule has 0 aliphatic carbocycles. The molecule has 0 saturated heterocycles. The Hall–Kier alpha value is -3.09. The predicted molar refractivity (Wildman–Crippen MR) is 89.8 cm³/mol. The molecule has 2 aromatic rings. The first-order valence-electron chi connectivity index (χ1n) is 7.23. The van der Waals surface area contributed by atoms with Gasteiger partial charge in [0, 0.05) is 5.69 Å². The number of aryl methyl sites for hydroxylation is 1. The van der Waals surface area contributed by atoms with E-state index in [4.69, 9.17) is 4.74 Å². The van der Waals surface area contributed by atoms with E-state index in [1.807, 2.05) is 13.0 Å². The third-order valence-corrected chi connectivity index (χ3v) is 3.14. The Labute approximate surface area is 139 Å². The Kier molecular flexibility index (Phi) is 5.73. The fraction of sp³-hybridized carbons (Fsp3) is 0.176. The molecule has 0 fully saturated rings. The van der Waals surface area contributed by atoms with Crippen molar-refractivity contribution < 1.29 is 18.7 Å². The second-order valence-electron chi connectivity index (χ2n) is 5.07. The van der Waals surface area contributed by atoms with Gasteiger partial charge in [-0.15, -0.1) is 0 Å². The number of rotatable bonds is 5. The molecular weight excluding hydrogens is 313 g/mol. The minimum atomic E-state index is -0.534. The molecule has 0 unspecified atom stereocenters. The summed E-state index contributed by atoms with van der Waals surface area (Å²) in [6, 6.07) is 10.2. The molecule has 6 nitrogen and oxygen atoms in total. The van der Waals surface area contributed by atoms with Gasteiger partial charge in [-0.3, -0.25) is 4.79 Å². The van der Waals surface area contributed by atoms with Gasteiger partial charge in [0.2, 0.25) is 5.91 Å². The Balaban J connectivity index is 1.85. The monoisotopic (exact) mass is 331 g/mol. The molecule has 0 atom stereocenters. The SMILES string of the molecule is COc1ccc(C)cc1NC(=O)NCC(=O)Nc1ccc(F)cc1. The van der Waals surface area contributed by atoms with Gasteiger partial charge in [0.1, 0.15) is 11.6 Å². The maximum atomic E-state index is 12.8. The minimum absolute atomic E-state index is 0.225. The van der Waals surface area contributed by atoms with E-state index in [2.05, 4.69) is 16.0 Å².